The molecule has 0 radical (unpaired) electrons. The molecule has 0 fully saturated rings. The summed E-state index contributed by atoms with van der Waals surface area (Å²) in [6.07, 6.45) is 6.55. The third-order valence-electron chi connectivity index (χ3n) is 5.24. The van der Waals surface area contributed by atoms with Gasteiger partial charge in [-0.3, -0.25) is 0 Å². The molecule has 2 aromatic carbocycles. The lowest BCUT2D eigenvalue weighted by Crippen LogP contribution is -2.27. The van der Waals surface area contributed by atoms with Crippen molar-refractivity contribution in [1.82, 2.24) is 5.32 Å². The largest absolute Gasteiger partial charge is 0.449 e. The zero-order valence-electron chi connectivity index (χ0n) is 16.0. The Hall–Kier alpha value is -2.33. The van der Waals surface area contributed by atoms with Crippen molar-refractivity contribution >= 4 is 6.09 Å². The molecule has 2 aromatic rings. The summed E-state index contributed by atoms with van der Waals surface area (Å²) < 4.78 is 5.54. The first-order valence-electron chi connectivity index (χ1n) is 10.1. The van der Waals surface area contributed by atoms with Crippen LogP contribution in [-0.2, 0) is 4.74 Å². The van der Waals surface area contributed by atoms with Crippen LogP contribution < -0.4 is 11.1 Å². The van der Waals surface area contributed by atoms with Gasteiger partial charge in [-0.15, -0.1) is 0 Å². The highest BCUT2D eigenvalue weighted by Gasteiger charge is 2.28. The first-order chi connectivity index (χ1) is 13.3. The van der Waals surface area contributed by atoms with Gasteiger partial charge in [0.05, 0.1) is 0 Å². The quantitative estimate of drug-likeness (QED) is 0.592. The van der Waals surface area contributed by atoms with Crippen LogP contribution in [0.2, 0.25) is 0 Å². The van der Waals surface area contributed by atoms with E-state index < -0.39 is 0 Å². The number of benzene rings is 2. The van der Waals surface area contributed by atoms with Gasteiger partial charge >= 0.3 is 6.09 Å². The van der Waals surface area contributed by atoms with Crippen LogP contribution >= 0.6 is 0 Å². The van der Waals surface area contributed by atoms with Crippen LogP contribution in [0.15, 0.2) is 48.5 Å². The zero-order chi connectivity index (χ0) is 18.9. The molecule has 1 aliphatic carbocycles. The molecule has 0 unspecified atom stereocenters. The summed E-state index contributed by atoms with van der Waals surface area (Å²) in [4.78, 5) is 12.1. The maximum absolute atomic E-state index is 12.1. The third kappa shape index (κ3) is 5.10. The molecule has 0 bridgehead atoms. The fourth-order valence-corrected chi connectivity index (χ4v) is 3.82. The van der Waals surface area contributed by atoms with Crippen LogP contribution in [0.25, 0.3) is 11.1 Å². The van der Waals surface area contributed by atoms with Gasteiger partial charge in [0.2, 0.25) is 0 Å². The number of unbranched alkanes of at least 4 members (excludes halogenated alkanes) is 5. The number of hydrogen-bond acceptors (Lipinski definition) is 3. The normalized spacial score (nSPS) is 12.5. The summed E-state index contributed by atoms with van der Waals surface area (Å²) in [7, 11) is 0. The van der Waals surface area contributed by atoms with Crippen molar-refractivity contribution in [2.75, 3.05) is 19.7 Å². The van der Waals surface area contributed by atoms with Crippen LogP contribution in [0.1, 0.15) is 55.6 Å². The molecule has 1 amide bonds. The number of fused-ring (bicyclic) bond motifs is 3. The topological polar surface area (TPSA) is 64.3 Å². The van der Waals surface area contributed by atoms with Crippen LogP contribution in [0.5, 0.6) is 0 Å². The van der Waals surface area contributed by atoms with Gasteiger partial charge in [0.1, 0.15) is 6.61 Å². The Labute approximate surface area is 162 Å². The molecule has 144 valence electrons. The number of amides is 1. The number of nitrogens with one attached hydrogen (secondary N) is 1. The SMILES string of the molecule is NCCCCCCCCNC(=O)OCC1c2ccccc2-c2ccccc21. The first kappa shape index (κ1) is 19.4. The average Bonchev–Trinajstić information content (AvgIpc) is 3.02. The van der Waals surface area contributed by atoms with Crippen molar-refractivity contribution in [2.45, 2.75) is 44.4 Å². The third-order valence-corrected chi connectivity index (χ3v) is 5.24. The minimum absolute atomic E-state index is 0.116. The number of carbonyl (C=O) groups is 1. The van der Waals surface area contributed by atoms with Crippen LogP contribution in [-0.4, -0.2) is 25.8 Å². The van der Waals surface area contributed by atoms with Gasteiger partial charge in [0.25, 0.3) is 0 Å². The van der Waals surface area contributed by atoms with Crippen molar-refractivity contribution in [2.24, 2.45) is 5.73 Å². The average molecular weight is 367 g/mol. The molecule has 3 N–H and O–H groups in total. The molecular weight excluding hydrogens is 336 g/mol. The zero-order valence-corrected chi connectivity index (χ0v) is 16.0. The lowest BCUT2D eigenvalue weighted by atomic mass is 9.98. The molecule has 4 heteroatoms. The van der Waals surface area contributed by atoms with Gasteiger partial charge < -0.3 is 15.8 Å². The summed E-state index contributed by atoms with van der Waals surface area (Å²) in [5, 5.41) is 2.88. The Balaban J connectivity index is 1.42. The Bertz CT molecular complexity index is 699. The summed E-state index contributed by atoms with van der Waals surface area (Å²) in [6, 6.07) is 16.8. The number of rotatable bonds is 10. The van der Waals surface area contributed by atoms with Crippen molar-refractivity contribution in [3.63, 3.8) is 0 Å². The van der Waals surface area contributed by atoms with E-state index in [0.29, 0.717) is 13.2 Å². The first-order valence-corrected chi connectivity index (χ1v) is 10.1. The van der Waals surface area contributed by atoms with Crippen molar-refractivity contribution in [3.05, 3.63) is 59.7 Å². The summed E-state index contributed by atoms with van der Waals surface area (Å²) in [5.41, 5.74) is 10.5. The van der Waals surface area contributed by atoms with E-state index in [2.05, 4.69) is 41.7 Å². The molecule has 0 saturated carbocycles. The summed E-state index contributed by atoms with van der Waals surface area (Å²) >= 11 is 0. The van der Waals surface area contributed by atoms with E-state index in [0.717, 1.165) is 25.8 Å². The van der Waals surface area contributed by atoms with Gasteiger partial charge in [0.15, 0.2) is 0 Å². The second-order valence-electron chi connectivity index (χ2n) is 7.16. The van der Waals surface area contributed by atoms with Crippen LogP contribution in [0.4, 0.5) is 4.79 Å². The predicted molar refractivity (Wildman–Crippen MR) is 110 cm³/mol. The molecule has 0 heterocycles. The monoisotopic (exact) mass is 366 g/mol. The van der Waals surface area contributed by atoms with Crippen molar-refractivity contribution in [3.8, 4) is 11.1 Å². The maximum atomic E-state index is 12.1. The fraction of sp³-hybridized carbons (Fsp3) is 0.435. The smallest absolute Gasteiger partial charge is 0.407 e. The molecule has 27 heavy (non-hydrogen) atoms. The number of hydrogen-bond donors (Lipinski definition) is 2. The Morgan fingerprint density at radius 3 is 2.04 bits per heavy atom. The minimum Gasteiger partial charge on any atom is -0.449 e. The van der Waals surface area contributed by atoms with E-state index in [4.69, 9.17) is 10.5 Å². The lowest BCUT2D eigenvalue weighted by Gasteiger charge is -2.14. The minimum atomic E-state index is -0.319. The highest BCUT2D eigenvalue weighted by molar-refractivity contribution is 5.79. The van der Waals surface area contributed by atoms with Crippen molar-refractivity contribution < 1.29 is 9.53 Å². The summed E-state index contributed by atoms with van der Waals surface area (Å²) in [5.74, 6) is 0.116. The van der Waals surface area contributed by atoms with E-state index in [1.54, 1.807) is 0 Å². The van der Waals surface area contributed by atoms with E-state index >= 15 is 0 Å². The predicted octanol–water partition coefficient (Wildman–Crippen LogP) is 4.82. The maximum Gasteiger partial charge on any atom is 0.407 e. The van der Waals surface area contributed by atoms with Gasteiger partial charge in [0, 0.05) is 12.5 Å². The van der Waals surface area contributed by atoms with E-state index in [1.165, 1.54) is 41.5 Å². The lowest BCUT2D eigenvalue weighted by molar-refractivity contribution is 0.143. The van der Waals surface area contributed by atoms with Gasteiger partial charge in [-0.05, 0) is 41.6 Å². The van der Waals surface area contributed by atoms with Crippen LogP contribution in [0, 0.1) is 0 Å². The molecule has 3 rings (SSSR count). The number of nitrogens with two attached hydrogens (primary N) is 1. The second-order valence-corrected chi connectivity index (χ2v) is 7.16. The highest BCUT2D eigenvalue weighted by Crippen LogP contribution is 2.44. The van der Waals surface area contributed by atoms with E-state index in [1.807, 2.05) is 12.1 Å². The summed E-state index contributed by atoms with van der Waals surface area (Å²) in [6.45, 7) is 1.83. The van der Waals surface area contributed by atoms with Gasteiger partial charge in [-0.1, -0.05) is 74.2 Å². The Kier molecular flexibility index (Phi) is 7.28. The number of carbonyl (C=O) groups excluding carboxylic acids is 1. The molecule has 0 atom stereocenters. The molecular formula is C23H30N2O2. The Morgan fingerprint density at radius 1 is 0.852 bits per heavy atom. The van der Waals surface area contributed by atoms with E-state index in [-0.39, 0.29) is 12.0 Å². The van der Waals surface area contributed by atoms with E-state index in [9.17, 15) is 4.79 Å². The molecule has 1 aliphatic rings. The fourth-order valence-electron chi connectivity index (χ4n) is 3.82. The van der Waals surface area contributed by atoms with Gasteiger partial charge in [-0.2, -0.15) is 0 Å². The molecule has 0 aliphatic heterocycles. The van der Waals surface area contributed by atoms with Crippen molar-refractivity contribution in [1.29, 1.82) is 0 Å². The standard InChI is InChI=1S/C23H30N2O2/c24-15-9-3-1-2-4-10-16-25-23(26)27-17-22-20-13-7-5-11-18(20)19-12-6-8-14-21(19)22/h5-8,11-14,22H,1-4,9-10,15-17,24H2,(H,25,26). The number of alkyl carbamates (subject to hydrolysis) is 1. The van der Waals surface area contributed by atoms with Crippen LogP contribution in [0.3, 0.4) is 0 Å². The highest BCUT2D eigenvalue weighted by atomic mass is 16.5. The Morgan fingerprint density at radius 2 is 1.41 bits per heavy atom. The number of ether oxygens (including phenoxy) is 1. The second kappa shape index (κ2) is 10.1. The molecule has 0 spiro atoms. The molecule has 0 saturated heterocycles. The molecule has 0 aromatic heterocycles. The molecule has 4 nitrogen and oxygen atoms in total. The van der Waals surface area contributed by atoms with Gasteiger partial charge in [-0.25, -0.2) is 4.79 Å².